The Bertz CT molecular complexity index is 845. The van der Waals surface area contributed by atoms with Gasteiger partial charge in [-0.15, -0.1) is 0 Å². The fraction of sp³-hybridized carbons (Fsp3) is 0.300. The standard InChI is InChI=1S/C20H22N2O6/c1-20(2,3)28-19(24)21-15(13-14-9-5-4-6-10-14)18(23)27-17-12-8-7-11-16(17)22(25)26/h4-12,15H,13H2,1-3H3,(H,21,24)/t15-/m0/s1. The SMILES string of the molecule is CC(C)(C)OC(=O)N[C@@H](Cc1ccccc1)C(=O)Oc1ccccc1[N+](=O)[O-]. The number of nitro groups is 1. The fourth-order valence-corrected chi connectivity index (χ4v) is 2.37. The van der Waals surface area contributed by atoms with Crippen LogP contribution < -0.4 is 10.1 Å². The average molecular weight is 386 g/mol. The lowest BCUT2D eigenvalue weighted by atomic mass is 10.1. The van der Waals surface area contributed by atoms with Gasteiger partial charge in [-0.25, -0.2) is 9.59 Å². The second-order valence-corrected chi connectivity index (χ2v) is 7.03. The molecule has 2 aromatic rings. The number of benzene rings is 2. The van der Waals surface area contributed by atoms with Crippen molar-refractivity contribution in [3.63, 3.8) is 0 Å². The van der Waals surface area contributed by atoms with Gasteiger partial charge in [0.15, 0.2) is 0 Å². The molecule has 28 heavy (non-hydrogen) atoms. The number of alkyl carbamates (subject to hydrolysis) is 1. The Labute approximate surface area is 162 Å². The van der Waals surface area contributed by atoms with Crippen LogP contribution in [-0.2, 0) is 16.0 Å². The van der Waals surface area contributed by atoms with Crippen molar-refractivity contribution in [2.24, 2.45) is 0 Å². The zero-order valence-corrected chi connectivity index (χ0v) is 15.9. The molecule has 1 atom stereocenters. The molecule has 2 aromatic carbocycles. The van der Waals surface area contributed by atoms with Crippen LogP contribution in [0.1, 0.15) is 26.3 Å². The number of rotatable bonds is 6. The minimum absolute atomic E-state index is 0.138. The summed E-state index contributed by atoms with van der Waals surface area (Å²) in [5.41, 5.74) is -0.307. The van der Waals surface area contributed by atoms with Crippen LogP contribution >= 0.6 is 0 Å². The maximum atomic E-state index is 12.7. The quantitative estimate of drug-likeness (QED) is 0.351. The zero-order valence-electron chi connectivity index (χ0n) is 15.9. The first kappa shape index (κ1) is 20.9. The Morgan fingerprint density at radius 1 is 1.07 bits per heavy atom. The van der Waals surface area contributed by atoms with E-state index in [1.165, 1.54) is 24.3 Å². The van der Waals surface area contributed by atoms with E-state index in [9.17, 15) is 19.7 Å². The highest BCUT2D eigenvalue weighted by Crippen LogP contribution is 2.26. The maximum Gasteiger partial charge on any atom is 0.408 e. The van der Waals surface area contributed by atoms with Gasteiger partial charge in [-0.3, -0.25) is 10.1 Å². The predicted molar refractivity (Wildman–Crippen MR) is 102 cm³/mol. The highest BCUT2D eigenvalue weighted by atomic mass is 16.6. The van der Waals surface area contributed by atoms with Gasteiger partial charge in [0.1, 0.15) is 11.6 Å². The lowest BCUT2D eigenvalue weighted by Crippen LogP contribution is -2.46. The molecule has 148 valence electrons. The summed E-state index contributed by atoms with van der Waals surface area (Å²) < 4.78 is 10.4. The van der Waals surface area contributed by atoms with Gasteiger partial charge in [0, 0.05) is 12.5 Å². The van der Waals surface area contributed by atoms with Gasteiger partial charge >= 0.3 is 17.7 Å². The first-order valence-electron chi connectivity index (χ1n) is 8.64. The number of hydrogen-bond donors (Lipinski definition) is 1. The van der Waals surface area contributed by atoms with Crippen LogP contribution in [0.3, 0.4) is 0 Å². The molecule has 0 unspecified atom stereocenters. The molecule has 0 bridgehead atoms. The summed E-state index contributed by atoms with van der Waals surface area (Å²) in [5.74, 6) is -1.02. The van der Waals surface area contributed by atoms with Gasteiger partial charge in [0.2, 0.25) is 5.75 Å². The lowest BCUT2D eigenvalue weighted by Gasteiger charge is -2.23. The van der Waals surface area contributed by atoms with Crippen LogP contribution in [0.15, 0.2) is 54.6 Å². The number of para-hydroxylation sites is 2. The van der Waals surface area contributed by atoms with Crippen molar-refractivity contribution in [2.75, 3.05) is 0 Å². The van der Waals surface area contributed by atoms with Crippen molar-refractivity contribution in [1.29, 1.82) is 0 Å². The highest BCUT2D eigenvalue weighted by molar-refractivity contribution is 5.84. The van der Waals surface area contributed by atoms with Crippen molar-refractivity contribution in [2.45, 2.75) is 38.8 Å². The number of ether oxygens (including phenoxy) is 2. The second kappa shape index (κ2) is 8.98. The summed E-state index contributed by atoms with van der Waals surface area (Å²) in [6, 6.07) is 13.5. The monoisotopic (exact) mass is 386 g/mol. The maximum absolute atomic E-state index is 12.7. The molecule has 0 saturated carbocycles. The van der Waals surface area contributed by atoms with Crippen molar-refractivity contribution >= 4 is 17.7 Å². The molecule has 0 fully saturated rings. The van der Waals surface area contributed by atoms with Gasteiger partial charge in [-0.05, 0) is 32.4 Å². The number of nitro benzene ring substituents is 1. The van der Waals surface area contributed by atoms with Crippen molar-refractivity contribution < 1.29 is 24.0 Å². The summed E-state index contributed by atoms with van der Waals surface area (Å²) in [6.45, 7) is 5.10. The molecule has 2 rings (SSSR count). The molecule has 0 aliphatic heterocycles. The molecular formula is C20H22N2O6. The van der Waals surface area contributed by atoms with E-state index in [0.29, 0.717) is 0 Å². The molecule has 0 heterocycles. The molecule has 8 nitrogen and oxygen atoms in total. The van der Waals surface area contributed by atoms with Crippen LogP contribution in [0.4, 0.5) is 10.5 Å². The Hall–Kier alpha value is -3.42. The highest BCUT2D eigenvalue weighted by Gasteiger charge is 2.28. The summed E-state index contributed by atoms with van der Waals surface area (Å²) >= 11 is 0. The van der Waals surface area contributed by atoms with Gasteiger partial charge in [-0.2, -0.15) is 0 Å². The first-order chi connectivity index (χ1) is 13.2. The van der Waals surface area contributed by atoms with E-state index in [1.807, 2.05) is 6.07 Å². The number of nitrogens with one attached hydrogen (secondary N) is 1. The number of nitrogens with zero attached hydrogens (tertiary/aromatic N) is 1. The Balaban J connectivity index is 2.21. The number of esters is 1. The number of carbonyl (C=O) groups is 2. The number of carbonyl (C=O) groups excluding carboxylic acids is 2. The molecule has 1 amide bonds. The molecule has 0 spiro atoms. The van der Waals surface area contributed by atoms with E-state index in [-0.39, 0.29) is 17.9 Å². The topological polar surface area (TPSA) is 108 Å². The van der Waals surface area contributed by atoms with Gasteiger partial charge < -0.3 is 14.8 Å². The minimum atomic E-state index is -1.09. The van der Waals surface area contributed by atoms with E-state index in [1.54, 1.807) is 45.0 Å². The Morgan fingerprint density at radius 3 is 2.29 bits per heavy atom. The second-order valence-electron chi connectivity index (χ2n) is 7.03. The van der Waals surface area contributed by atoms with Crippen LogP contribution in [0.5, 0.6) is 5.75 Å². The van der Waals surface area contributed by atoms with E-state index in [2.05, 4.69) is 5.32 Å². The summed E-state index contributed by atoms with van der Waals surface area (Å²) in [4.78, 5) is 35.3. The third kappa shape index (κ3) is 6.39. The number of amides is 1. The van der Waals surface area contributed by atoms with Crippen LogP contribution in [0, 0.1) is 10.1 Å². The number of hydrogen-bond acceptors (Lipinski definition) is 6. The molecule has 1 N–H and O–H groups in total. The van der Waals surface area contributed by atoms with Crippen LogP contribution in [-0.4, -0.2) is 28.6 Å². The van der Waals surface area contributed by atoms with E-state index in [0.717, 1.165) is 5.56 Å². The summed E-state index contributed by atoms with van der Waals surface area (Å²) in [5, 5.41) is 13.6. The third-order valence-corrected chi connectivity index (χ3v) is 3.53. The largest absolute Gasteiger partial charge is 0.444 e. The Kier molecular flexibility index (Phi) is 6.70. The molecule has 0 aliphatic rings. The lowest BCUT2D eigenvalue weighted by molar-refractivity contribution is -0.385. The third-order valence-electron chi connectivity index (χ3n) is 3.53. The summed E-state index contributed by atoms with van der Waals surface area (Å²) in [7, 11) is 0. The normalized spacial score (nSPS) is 12.0. The predicted octanol–water partition coefficient (Wildman–Crippen LogP) is 3.64. The average Bonchev–Trinajstić information content (AvgIpc) is 2.60. The molecule has 0 aromatic heterocycles. The Morgan fingerprint density at radius 2 is 1.68 bits per heavy atom. The molecule has 0 radical (unpaired) electrons. The van der Waals surface area contributed by atoms with Gasteiger partial charge in [-0.1, -0.05) is 42.5 Å². The minimum Gasteiger partial charge on any atom is -0.444 e. The fourth-order valence-electron chi connectivity index (χ4n) is 2.37. The molecule has 0 aliphatic carbocycles. The zero-order chi connectivity index (χ0) is 20.7. The summed E-state index contributed by atoms with van der Waals surface area (Å²) in [6.07, 6.45) is -0.646. The van der Waals surface area contributed by atoms with Crippen LogP contribution in [0.2, 0.25) is 0 Å². The van der Waals surface area contributed by atoms with Gasteiger partial charge in [0.05, 0.1) is 4.92 Å². The van der Waals surface area contributed by atoms with Crippen LogP contribution in [0.25, 0.3) is 0 Å². The van der Waals surface area contributed by atoms with Crippen molar-refractivity contribution in [3.05, 3.63) is 70.3 Å². The smallest absolute Gasteiger partial charge is 0.408 e. The molecular weight excluding hydrogens is 364 g/mol. The first-order valence-corrected chi connectivity index (χ1v) is 8.64. The van der Waals surface area contributed by atoms with Gasteiger partial charge in [0.25, 0.3) is 0 Å². The molecule has 8 heteroatoms. The van der Waals surface area contributed by atoms with E-state index < -0.39 is 28.6 Å². The molecule has 0 saturated heterocycles. The van der Waals surface area contributed by atoms with Crippen molar-refractivity contribution in [3.8, 4) is 5.75 Å². The van der Waals surface area contributed by atoms with E-state index >= 15 is 0 Å². The van der Waals surface area contributed by atoms with Crippen molar-refractivity contribution in [1.82, 2.24) is 5.32 Å². The van der Waals surface area contributed by atoms with E-state index in [4.69, 9.17) is 9.47 Å².